The molecule has 0 radical (unpaired) electrons. The summed E-state index contributed by atoms with van der Waals surface area (Å²) in [7, 11) is 1.63. The first-order chi connectivity index (χ1) is 17.5. The van der Waals surface area contributed by atoms with Gasteiger partial charge in [0.2, 0.25) is 0 Å². The van der Waals surface area contributed by atoms with Crippen molar-refractivity contribution >= 4 is 56.1 Å². The van der Waals surface area contributed by atoms with E-state index in [4.69, 9.17) is 9.47 Å². The highest BCUT2D eigenvalue weighted by molar-refractivity contribution is 9.10. The molecule has 4 aromatic rings. The maximum atomic E-state index is 12.6. The molecule has 1 atom stereocenters. The number of anilines is 1. The molecule has 0 spiro atoms. The fourth-order valence-electron chi connectivity index (χ4n) is 4.09. The monoisotopic (exact) mass is 560 g/mol. The van der Waals surface area contributed by atoms with E-state index in [9.17, 15) is 4.79 Å². The summed E-state index contributed by atoms with van der Waals surface area (Å²) in [5.41, 5.74) is 3.70. The van der Waals surface area contributed by atoms with Crippen LogP contribution in [0, 0.1) is 6.92 Å². The molecule has 0 bridgehead atoms. The molecule has 7 heteroatoms. The number of hydrogen-bond acceptors (Lipinski definition) is 5. The van der Waals surface area contributed by atoms with Crippen LogP contribution in [0.1, 0.15) is 16.7 Å². The molecule has 1 aliphatic heterocycles. The molecule has 2 N–H and O–H groups in total. The Labute approximate surface area is 223 Å². The highest BCUT2D eigenvalue weighted by Gasteiger charge is 2.27. The fourth-order valence-corrected chi connectivity index (χ4v) is 5.58. The summed E-state index contributed by atoms with van der Waals surface area (Å²) >= 11 is 5.07. The number of benzene rings is 4. The number of ether oxygens (including phenoxy) is 2. The third-order valence-corrected chi connectivity index (χ3v) is 7.54. The van der Waals surface area contributed by atoms with Crippen molar-refractivity contribution in [2.24, 2.45) is 0 Å². The minimum Gasteiger partial charge on any atom is -0.495 e. The molecule has 5 nitrogen and oxygen atoms in total. The minimum atomic E-state index is -0.286. The second kappa shape index (κ2) is 10.7. The largest absolute Gasteiger partial charge is 0.495 e. The average Bonchev–Trinajstić information content (AvgIpc) is 3.21. The summed E-state index contributed by atoms with van der Waals surface area (Å²) in [4.78, 5) is 13.2. The van der Waals surface area contributed by atoms with Crippen molar-refractivity contribution in [1.82, 2.24) is 5.32 Å². The van der Waals surface area contributed by atoms with E-state index >= 15 is 0 Å². The smallest absolute Gasteiger partial charge is 0.260 e. The molecule has 1 amide bonds. The number of hydrogen-bond donors (Lipinski definition) is 2. The lowest BCUT2D eigenvalue weighted by molar-refractivity contribution is -0.116. The molecule has 5 rings (SSSR count). The predicted octanol–water partition coefficient (Wildman–Crippen LogP) is 7.10. The van der Waals surface area contributed by atoms with E-state index in [2.05, 4.69) is 50.8 Å². The van der Waals surface area contributed by atoms with Gasteiger partial charge in [0, 0.05) is 0 Å². The van der Waals surface area contributed by atoms with Gasteiger partial charge in [-0.3, -0.25) is 4.79 Å². The van der Waals surface area contributed by atoms with Gasteiger partial charge in [0.25, 0.3) is 5.91 Å². The number of carbonyl (C=O) groups excluding carboxylic acids is 1. The van der Waals surface area contributed by atoms with Crippen molar-refractivity contribution in [3.63, 3.8) is 0 Å². The van der Waals surface area contributed by atoms with Crippen LogP contribution in [-0.2, 0) is 11.4 Å². The van der Waals surface area contributed by atoms with Crippen LogP contribution in [0.5, 0.6) is 11.5 Å². The second-order valence-electron chi connectivity index (χ2n) is 8.44. The maximum Gasteiger partial charge on any atom is 0.260 e. The number of fused-ring (bicyclic) bond motifs is 1. The Hall–Kier alpha value is -3.42. The predicted molar refractivity (Wildman–Crippen MR) is 151 cm³/mol. The highest BCUT2D eigenvalue weighted by Crippen LogP contribution is 2.35. The van der Waals surface area contributed by atoms with Crippen molar-refractivity contribution in [3.8, 4) is 11.5 Å². The second-order valence-corrected chi connectivity index (χ2v) is 10.4. The van der Waals surface area contributed by atoms with Crippen LogP contribution >= 0.6 is 27.7 Å². The first kappa shape index (κ1) is 24.3. The molecule has 0 saturated carbocycles. The van der Waals surface area contributed by atoms with Crippen molar-refractivity contribution in [1.29, 1.82) is 0 Å². The number of amides is 1. The standard InChI is InChI=1S/C29H25BrN2O3S/c1-18-10-12-26(34-2)24(14-18)31-29-32-28(33)27(36-29)16-19-11-13-25(23(30)15-19)35-17-21-8-5-7-20-6-3-4-9-22(20)21/h3-16,29,31H,17H2,1-2H3,(H,32,33)/b27-16-. The topological polar surface area (TPSA) is 59.6 Å². The van der Waals surface area contributed by atoms with Crippen LogP contribution in [-0.4, -0.2) is 18.5 Å². The van der Waals surface area contributed by atoms with Crippen LogP contribution in [0.4, 0.5) is 5.69 Å². The summed E-state index contributed by atoms with van der Waals surface area (Å²) in [6.45, 7) is 2.48. The summed E-state index contributed by atoms with van der Waals surface area (Å²) in [6.07, 6.45) is 1.88. The lowest BCUT2D eigenvalue weighted by Gasteiger charge is -2.16. The molecule has 182 valence electrons. The van der Waals surface area contributed by atoms with Gasteiger partial charge in [-0.05, 0) is 80.7 Å². The fraction of sp³-hybridized carbons (Fsp3) is 0.138. The van der Waals surface area contributed by atoms with Crippen LogP contribution in [0.2, 0.25) is 0 Å². The number of rotatable bonds is 7. The Morgan fingerprint density at radius 1 is 1.03 bits per heavy atom. The number of halogens is 1. The molecule has 4 aromatic carbocycles. The number of nitrogens with one attached hydrogen (secondary N) is 2. The van der Waals surface area contributed by atoms with Crippen LogP contribution < -0.4 is 20.1 Å². The van der Waals surface area contributed by atoms with Crippen molar-refractivity contribution < 1.29 is 14.3 Å². The lowest BCUT2D eigenvalue weighted by atomic mass is 10.1. The Morgan fingerprint density at radius 3 is 2.67 bits per heavy atom. The van der Waals surface area contributed by atoms with Gasteiger partial charge in [-0.25, -0.2) is 0 Å². The van der Waals surface area contributed by atoms with Crippen LogP contribution in [0.25, 0.3) is 16.8 Å². The number of methoxy groups -OCH3 is 1. The number of thioether (sulfide) groups is 1. The Bertz CT molecular complexity index is 1470. The van der Waals surface area contributed by atoms with Crippen molar-refractivity contribution in [3.05, 3.63) is 105 Å². The van der Waals surface area contributed by atoms with Gasteiger partial charge in [-0.2, -0.15) is 0 Å². The lowest BCUT2D eigenvalue weighted by Crippen LogP contribution is -2.31. The van der Waals surface area contributed by atoms with E-state index in [-0.39, 0.29) is 11.4 Å². The number of aryl methyl sites for hydroxylation is 1. The van der Waals surface area contributed by atoms with Gasteiger partial charge in [-0.1, -0.05) is 66.4 Å². The van der Waals surface area contributed by atoms with E-state index in [0.29, 0.717) is 11.5 Å². The molecule has 36 heavy (non-hydrogen) atoms. The third kappa shape index (κ3) is 5.37. The molecule has 1 fully saturated rings. The van der Waals surface area contributed by atoms with Gasteiger partial charge in [-0.15, -0.1) is 0 Å². The van der Waals surface area contributed by atoms with E-state index < -0.39 is 0 Å². The summed E-state index contributed by atoms with van der Waals surface area (Å²) in [5.74, 6) is 1.37. The zero-order valence-electron chi connectivity index (χ0n) is 19.9. The van der Waals surface area contributed by atoms with Crippen LogP contribution in [0.15, 0.2) is 88.2 Å². The Balaban J connectivity index is 1.27. The van der Waals surface area contributed by atoms with Crippen LogP contribution in [0.3, 0.4) is 0 Å². The molecular formula is C29H25BrN2O3S. The quantitative estimate of drug-likeness (QED) is 0.236. The number of carbonyl (C=O) groups is 1. The zero-order chi connectivity index (χ0) is 25.1. The molecule has 1 saturated heterocycles. The highest BCUT2D eigenvalue weighted by atomic mass is 79.9. The van der Waals surface area contributed by atoms with Gasteiger partial charge >= 0.3 is 0 Å². The van der Waals surface area contributed by atoms with Gasteiger partial charge in [0.15, 0.2) is 5.50 Å². The Morgan fingerprint density at radius 2 is 1.83 bits per heavy atom. The van der Waals surface area contributed by atoms with Crippen molar-refractivity contribution in [2.75, 3.05) is 12.4 Å². The first-order valence-electron chi connectivity index (χ1n) is 11.5. The molecule has 0 aliphatic carbocycles. The normalized spacial score (nSPS) is 16.2. The van der Waals surface area contributed by atoms with Crippen molar-refractivity contribution in [2.45, 2.75) is 19.0 Å². The van der Waals surface area contributed by atoms with Gasteiger partial charge in [0.05, 0.1) is 22.2 Å². The van der Waals surface area contributed by atoms with E-state index in [0.717, 1.165) is 38.3 Å². The van der Waals surface area contributed by atoms with Gasteiger partial charge in [0.1, 0.15) is 18.1 Å². The van der Waals surface area contributed by atoms with E-state index in [1.54, 1.807) is 7.11 Å². The zero-order valence-corrected chi connectivity index (χ0v) is 22.3. The van der Waals surface area contributed by atoms with Gasteiger partial charge < -0.3 is 20.1 Å². The SMILES string of the molecule is COc1ccc(C)cc1NC1NC(=O)/C(=C/c2ccc(OCc3cccc4ccccc34)c(Br)c2)S1. The molecule has 1 unspecified atom stereocenters. The summed E-state index contributed by atoms with van der Waals surface area (Å²) in [5, 5.41) is 8.71. The summed E-state index contributed by atoms with van der Waals surface area (Å²) in [6, 6.07) is 26.3. The van der Waals surface area contributed by atoms with E-state index in [1.165, 1.54) is 22.5 Å². The third-order valence-electron chi connectivity index (χ3n) is 5.89. The molecular weight excluding hydrogens is 536 g/mol. The minimum absolute atomic E-state index is 0.114. The Kier molecular flexibility index (Phi) is 7.20. The average molecular weight is 562 g/mol. The molecule has 0 aromatic heterocycles. The molecule has 1 heterocycles. The summed E-state index contributed by atoms with van der Waals surface area (Å²) < 4.78 is 12.4. The first-order valence-corrected chi connectivity index (χ1v) is 13.2. The van der Waals surface area contributed by atoms with E-state index in [1.807, 2.05) is 67.6 Å². The molecule has 1 aliphatic rings. The maximum absolute atomic E-state index is 12.6.